The fraction of sp³-hybridized carbons (Fsp3) is 0.818. The molecule has 0 bridgehead atoms. The number of carboxylic acids is 1. The van der Waals surface area contributed by atoms with Gasteiger partial charge in [-0.25, -0.2) is 0 Å². The Morgan fingerprint density at radius 2 is 1.69 bits per heavy atom. The van der Waals surface area contributed by atoms with Crippen LogP contribution in [-0.4, -0.2) is 59.5 Å². The highest BCUT2D eigenvalue weighted by atomic mass is 16.4. The van der Waals surface area contributed by atoms with Crippen LogP contribution in [0.1, 0.15) is 27.2 Å². The molecular weight excluding hydrogens is 208 g/mol. The van der Waals surface area contributed by atoms with E-state index in [2.05, 4.69) is 0 Å². The highest BCUT2D eigenvalue weighted by Crippen LogP contribution is 2.14. The van der Waals surface area contributed by atoms with Gasteiger partial charge in [0.1, 0.15) is 6.54 Å². The third-order valence-electron chi connectivity index (χ3n) is 2.18. The number of amides is 1. The minimum atomic E-state index is -0.979. The Hall–Kier alpha value is -1.10. The van der Waals surface area contributed by atoms with Crippen LogP contribution in [0.4, 0.5) is 0 Å². The summed E-state index contributed by atoms with van der Waals surface area (Å²) in [5.41, 5.74) is -0.457. The monoisotopic (exact) mass is 230 g/mol. The average molecular weight is 230 g/mol. The Bertz CT molecular complexity index is 256. The lowest BCUT2D eigenvalue weighted by Crippen LogP contribution is -2.48. The maximum atomic E-state index is 11.9. The van der Waals surface area contributed by atoms with E-state index < -0.39 is 11.5 Å². The van der Waals surface area contributed by atoms with Crippen LogP contribution < -0.4 is 0 Å². The molecule has 5 nitrogen and oxygen atoms in total. The van der Waals surface area contributed by atoms with Gasteiger partial charge in [-0.1, -0.05) is 0 Å². The number of carbonyl (C=O) groups excluding carboxylic acids is 1. The van der Waals surface area contributed by atoms with E-state index in [9.17, 15) is 9.59 Å². The van der Waals surface area contributed by atoms with E-state index in [-0.39, 0.29) is 12.5 Å². The Labute approximate surface area is 97.0 Å². The summed E-state index contributed by atoms with van der Waals surface area (Å²) < 4.78 is 0. The molecule has 0 rings (SSSR count). The minimum absolute atomic E-state index is 0.122. The predicted molar refractivity (Wildman–Crippen MR) is 62.3 cm³/mol. The molecule has 94 valence electrons. The zero-order valence-corrected chi connectivity index (χ0v) is 10.8. The molecule has 0 saturated carbocycles. The summed E-state index contributed by atoms with van der Waals surface area (Å²) in [7, 11) is 3.76. The van der Waals surface area contributed by atoms with Gasteiger partial charge in [0, 0.05) is 18.5 Å². The van der Waals surface area contributed by atoms with Crippen molar-refractivity contribution in [3.8, 4) is 0 Å². The van der Waals surface area contributed by atoms with Crippen LogP contribution in [-0.2, 0) is 9.59 Å². The van der Waals surface area contributed by atoms with Crippen LogP contribution in [0.5, 0.6) is 0 Å². The van der Waals surface area contributed by atoms with E-state index in [1.807, 2.05) is 39.8 Å². The van der Waals surface area contributed by atoms with Gasteiger partial charge in [-0.05, 0) is 34.9 Å². The zero-order chi connectivity index (χ0) is 12.9. The Morgan fingerprint density at radius 3 is 2.00 bits per heavy atom. The molecule has 0 aromatic carbocycles. The van der Waals surface area contributed by atoms with Gasteiger partial charge in [-0.15, -0.1) is 0 Å². The van der Waals surface area contributed by atoms with E-state index >= 15 is 0 Å². The summed E-state index contributed by atoms with van der Waals surface area (Å²) in [4.78, 5) is 25.9. The summed E-state index contributed by atoms with van der Waals surface area (Å²) in [6.07, 6.45) is 0.345. The highest BCUT2D eigenvalue weighted by molar-refractivity contribution is 5.82. The topological polar surface area (TPSA) is 60.9 Å². The number of carboxylic acid groups (broad SMARTS) is 1. The molecule has 0 heterocycles. The van der Waals surface area contributed by atoms with E-state index in [0.29, 0.717) is 13.0 Å². The van der Waals surface area contributed by atoms with E-state index in [1.165, 1.54) is 4.90 Å². The summed E-state index contributed by atoms with van der Waals surface area (Å²) in [6, 6.07) is 0. The van der Waals surface area contributed by atoms with Gasteiger partial charge in [0.15, 0.2) is 0 Å². The zero-order valence-electron chi connectivity index (χ0n) is 10.8. The number of nitrogens with zero attached hydrogens (tertiary/aromatic N) is 2. The third-order valence-corrected chi connectivity index (χ3v) is 2.18. The molecule has 0 radical (unpaired) electrons. The average Bonchev–Trinajstić information content (AvgIpc) is 2.08. The molecule has 0 saturated heterocycles. The SMILES string of the molecule is CN(C)CCC(=O)N(CC(=O)O)C(C)(C)C. The first kappa shape index (κ1) is 14.9. The van der Waals surface area contributed by atoms with Crippen LogP contribution >= 0.6 is 0 Å². The Morgan fingerprint density at radius 1 is 1.19 bits per heavy atom. The van der Waals surface area contributed by atoms with E-state index in [0.717, 1.165) is 0 Å². The smallest absolute Gasteiger partial charge is 0.323 e. The van der Waals surface area contributed by atoms with Gasteiger partial charge in [0.2, 0.25) is 5.91 Å². The van der Waals surface area contributed by atoms with Crippen molar-refractivity contribution >= 4 is 11.9 Å². The molecule has 0 spiro atoms. The molecule has 0 fully saturated rings. The van der Waals surface area contributed by atoms with Crippen LogP contribution in [0.25, 0.3) is 0 Å². The van der Waals surface area contributed by atoms with Gasteiger partial charge in [0.25, 0.3) is 0 Å². The van der Waals surface area contributed by atoms with Crippen molar-refractivity contribution in [2.24, 2.45) is 0 Å². The van der Waals surface area contributed by atoms with Gasteiger partial charge in [-0.2, -0.15) is 0 Å². The molecule has 0 aromatic rings. The summed E-state index contributed by atoms with van der Waals surface area (Å²) >= 11 is 0. The predicted octanol–water partition coefficient (Wildman–Crippen LogP) is 0.650. The molecule has 0 unspecified atom stereocenters. The summed E-state index contributed by atoms with van der Waals surface area (Å²) in [6.45, 7) is 5.90. The Kier molecular flexibility index (Phi) is 5.44. The molecular formula is C11H22N2O3. The van der Waals surface area contributed by atoms with Crippen LogP contribution in [0.15, 0.2) is 0 Å². The second kappa shape index (κ2) is 5.84. The van der Waals surface area contributed by atoms with Crippen molar-refractivity contribution in [2.45, 2.75) is 32.7 Å². The maximum absolute atomic E-state index is 11.9. The number of hydrogen-bond donors (Lipinski definition) is 1. The van der Waals surface area contributed by atoms with Crippen molar-refractivity contribution in [1.82, 2.24) is 9.80 Å². The molecule has 5 heteroatoms. The minimum Gasteiger partial charge on any atom is -0.480 e. The third kappa shape index (κ3) is 5.70. The van der Waals surface area contributed by atoms with Gasteiger partial charge in [0.05, 0.1) is 0 Å². The van der Waals surface area contributed by atoms with Crippen molar-refractivity contribution in [3.05, 3.63) is 0 Å². The first-order valence-electron chi connectivity index (χ1n) is 5.31. The quantitative estimate of drug-likeness (QED) is 0.753. The fourth-order valence-corrected chi connectivity index (χ4v) is 1.29. The number of carbonyl (C=O) groups is 2. The standard InChI is InChI=1S/C11H22N2O3/c1-11(2,3)13(8-10(15)16)9(14)6-7-12(4)5/h6-8H2,1-5H3,(H,15,16). The second-order valence-corrected chi connectivity index (χ2v) is 5.10. The summed E-state index contributed by atoms with van der Waals surface area (Å²) in [5.74, 6) is -1.10. The maximum Gasteiger partial charge on any atom is 0.323 e. The molecule has 0 aliphatic rings. The normalized spacial score (nSPS) is 11.6. The lowest BCUT2D eigenvalue weighted by Gasteiger charge is -2.34. The second-order valence-electron chi connectivity index (χ2n) is 5.10. The van der Waals surface area contributed by atoms with Crippen molar-refractivity contribution in [1.29, 1.82) is 0 Å². The van der Waals surface area contributed by atoms with Crippen LogP contribution in [0.3, 0.4) is 0 Å². The van der Waals surface area contributed by atoms with E-state index in [4.69, 9.17) is 5.11 Å². The van der Waals surface area contributed by atoms with E-state index in [1.54, 1.807) is 0 Å². The Balaban J connectivity index is 4.51. The van der Waals surface area contributed by atoms with Gasteiger partial charge < -0.3 is 14.9 Å². The molecule has 1 amide bonds. The largest absolute Gasteiger partial charge is 0.480 e. The van der Waals surface area contributed by atoms with Crippen molar-refractivity contribution in [3.63, 3.8) is 0 Å². The van der Waals surface area contributed by atoms with Crippen LogP contribution in [0.2, 0.25) is 0 Å². The number of rotatable bonds is 5. The van der Waals surface area contributed by atoms with Crippen molar-refractivity contribution < 1.29 is 14.7 Å². The highest BCUT2D eigenvalue weighted by Gasteiger charge is 2.27. The lowest BCUT2D eigenvalue weighted by atomic mass is 10.1. The summed E-state index contributed by atoms with van der Waals surface area (Å²) in [5, 5.41) is 8.77. The van der Waals surface area contributed by atoms with Crippen LogP contribution in [0, 0.1) is 0 Å². The number of hydrogen-bond acceptors (Lipinski definition) is 3. The van der Waals surface area contributed by atoms with Gasteiger partial charge in [-0.3, -0.25) is 9.59 Å². The molecule has 0 aliphatic heterocycles. The molecule has 0 aromatic heterocycles. The molecule has 1 N–H and O–H groups in total. The lowest BCUT2D eigenvalue weighted by molar-refractivity contribution is -0.148. The van der Waals surface area contributed by atoms with Crippen molar-refractivity contribution in [2.75, 3.05) is 27.2 Å². The number of aliphatic carboxylic acids is 1. The first-order valence-corrected chi connectivity index (χ1v) is 5.31. The fourth-order valence-electron chi connectivity index (χ4n) is 1.29. The molecule has 0 atom stereocenters. The molecule has 0 aliphatic carbocycles. The first-order chi connectivity index (χ1) is 7.14. The molecule has 16 heavy (non-hydrogen) atoms. The van der Waals surface area contributed by atoms with Gasteiger partial charge >= 0.3 is 5.97 Å².